The molecule has 1 aliphatic rings. The molecular weight excluding hydrogens is 170 g/mol. The first-order valence-electron chi connectivity index (χ1n) is 4.58. The average molecular weight is 187 g/mol. The highest BCUT2D eigenvalue weighted by molar-refractivity contribution is 5.67. The topological polar surface area (TPSA) is 67.6 Å². The smallest absolute Gasteiger partial charge is 0.409 e. The van der Waals surface area contributed by atoms with Gasteiger partial charge in [-0.2, -0.15) is 0 Å². The third kappa shape index (κ3) is 3.61. The summed E-state index contributed by atoms with van der Waals surface area (Å²) >= 11 is 0. The number of piperazine rings is 1. The van der Waals surface area contributed by atoms with E-state index in [4.69, 9.17) is 10.5 Å². The molecule has 0 saturated carbocycles. The van der Waals surface area contributed by atoms with Gasteiger partial charge in [-0.3, -0.25) is 0 Å². The Morgan fingerprint density at radius 3 is 2.77 bits per heavy atom. The van der Waals surface area contributed by atoms with Crippen LogP contribution in [-0.4, -0.2) is 49.8 Å². The standard InChI is InChI=1S/C8H17N3O2/c1-7(9)6-13-8(12)11-4-2-10-3-5-11/h7,10H,2-6,9H2,1H3. The second-order valence-corrected chi connectivity index (χ2v) is 3.29. The van der Waals surface area contributed by atoms with Crippen molar-refractivity contribution in [3.63, 3.8) is 0 Å². The summed E-state index contributed by atoms with van der Waals surface area (Å²) in [7, 11) is 0. The van der Waals surface area contributed by atoms with Crippen molar-refractivity contribution in [2.75, 3.05) is 32.8 Å². The number of hydrogen-bond acceptors (Lipinski definition) is 4. The molecule has 0 bridgehead atoms. The van der Waals surface area contributed by atoms with Gasteiger partial charge in [-0.05, 0) is 6.92 Å². The van der Waals surface area contributed by atoms with E-state index in [1.165, 1.54) is 0 Å². The molecule has 3 N–H and O–H groups in total. The van der Waals surface area contributed by atoms with Gasteiger partial charge in [-0.25, -0.2) is 4.79 Å². The van der Waals surface area contributed by atoms with E-state index in [0.29, 0.717) is 6.61 Å². The van der Waals surface area contributed by atoms with Gasteiger partial charge in [0.05, 0.1) is 0 Å². The monoisotopic (exact) mass is 187 g/mol. The molecule has 1 atom stereocenters. The lowest BCUT2D eigenvalue weighted by Gasteiger charge is -2.26. The van der Waals surface area contributed by atoms with Gasteiger partial charge in [0.2, 0.25) is 0 Å². The third-order valence-electron chi connectivity index (χ3n) is 1.84. The zero-order chi connectivity index (χ0) is 9.68. The first kappa shape index (κ1) is 10.3. The van der Waals surface area contributed by atoms with Crippen LogP contribution in [0.1, 0.15) is 6.92 Å². The Hall–Kier alpha value is -0.810. The number of amides is 1. The predicted octanol–water partition coefficient (Wildman–Crippen LogP) is -0.625. The van der Waals surface area contributed by atoms with Crippen LogP contribution in [0.3, 0.4) is 0 Å². The second-order valence-electron chi connectivity index (χ2n) is 3.29. The minimum absolute atomic E-state index is 0.0909. The van der Waals surface area contributed by atoms with E-state index in [9.17, 15) is 4.79 Å². The van der Waals surface area contributed by atoms with E-state index in [-0.39, 0.29) is 12.1 Å². The number of carbonyl (C=O) groups is 1. The van der Waals surface area contributed by atoms with Crippen molar-refractivity contribution in [3.8, 4) is 0 Å². The van der Waals surface area contributed by atoms with Crippen LogP contribution in [0.4, 0.5) is 4.79 Å². The number of nitrogens with one attached hydrogen (secondary N) is 1. The van der Waals surface area contributed by atoms with Gasteiger partial charge in [0.25, 0.3) is 0 Å². The zero-order valence-corrected chi connectivity index (χ0v) is 7.95. The normalized spacial score (nSPS) is 19.7. The molecule has 0 radical (unpaired) electrons. The lowest BCUT2D eigenvalue weighted by atomic mass is 10.4. The molecule has 0 spiro atoms. The molecule has 1 amide bonds. The van der Waals surface area contributed by atoms with Crippen LogP contribution in [0.15, 0.2) is 0 Å². The first-order valence-corrected chi connectivity index (χ1v) is 4.58. The minimum Gasteiger partial charge on any atom is -0.448 e. The highest BCUT2D eigenvalue weighted by Crippen LogP contribution is 1.96. The number of carbonyl (C=O) groups excluding carboxylic acids is 1. The summed E-state index contributed by atoms with van der Waals surface area (Å²) in [5, 5.41) is 3.16. The molecule has 1 unspecified atom stereocenters. The molecule has 0 aromatic rings. The molecule has 1 fully saturated rings. The van der Waals surface area contributed by atoms with Crippen molar-refractivity contribution < 1.29 is 9.53 Å². The van der Waals surface area contributed by atoms with Crippen molar-refractivity contribution in [1.29, 1.82) is 0 Å². The van der Waals surface area contributed by atoms with Crippen LogP contribution in [0.5, 0.6) is 0 Å². The van der Waals surface area contributed by atoms with Crippen molar-refractivity contribution in [2.24, 2.45) is 5.73 Å². The van der Waals surface area contributed by atoms with E-state index in [1.807, 2.05) is 6.92 Å². The van der Waals surface area contributed by atoms with Gasteiger partial charge in [0, 0.05) is 32.2 Å². The molecule has 0 aliphatic carbocycles. The van der Waals surface area contributed by atoms with E-state index >= 15 is 0 Å². The number of nitrogens with zero attached hydrogens (tertiary/aromatic N) is 1. The van der Waals surface area contributed by atoms with Gasteiger partial charge in [0.1, 0.15) is 6.61 Å². The molecule has 5 nitrogen and oxygen atoms in total. The molecule has 0 aromatic heterocycles. The number of hydrogen-bond donors (Lipinski definition) is 2. The first-order chi connectivity index (χ1) is 6.20. The Kier molecular flexibility index (Phi) is 3.98. The maximum Gasteiger partial charge on any atom is 0.409 e. The lowest BCUT2D eigenvalue weighted by Crippen LogP contribution is -2.47. The van der Waals surface area contributed by atoms with Crippen LogP contribution < -0.4 is 11.1 Å². The quantitative estimate of drug-likeness (QED) is 0.604. The fourth-order valence-corrected chi connectivity index (χ4v) is 1.14. The summed E-state index contributed by atoms with van der Waals surface area (Å²) in [6.45, 7) is 5.23. The number of rotatable bonds is 2. The zero-order valence-electron chi connectivity index (χ0n) is 7.95. The Labute approximate surface area is 78.2 Å². The highest BCUT2D eigenvalue weighted by atomic mass is 16.6. The summed E-state index contributed by atoms with van der Waals surface area (Å²) in [5.74, 6) is 0. The largest absolute Gasteiger partial charge is 0.448 e. The third-order valence-corrected chi connectivity index (χ3v) is 1.84. The van der Waals surface area contributed by atoms with Crippen LogP contribution >= 0.6 is 0 Å². The van der Waals surface area contributed by atoms with Gasteiger partial charge in [0.15, 0.2) is 0 Å². The van der Waals surface area contributed by atoms with Gasteiger partial charge >= 0.3 is 6.09 Å². The summed E-state index contributed by atoms with van der Waals surface area (Å²) in [6, 6.07) is -0.0909. The maximum absolute atomic E-state index is 11.3. The van der Waals surface area contributed by atoms with Crippen LogP contribution in [0, 0.1) is 0 Å². The molecule has 0 aromatic carbocycles. The SMILES string of the molecule is CC(N)COC(=O)N1CCNCC1. The average Bonchev–Trinajstić information content (AvgIpc) is 2.15. The Morgan fingerprint density at radius 2 is 2.23 bits per heavy atom. The van der Waals surface area contributed by atoms with E-state index < -0.39 is 0 Å². The Balaban J connectivity index is 2.21. The molecule has 13 heavy (non-hydrogen) atoms. The molecule has 5 heteroatoms. The number of ether oxygens (including phenoxy) is 1. The lowest BCUT2D eigenvalue weighted by molar-refractivity contribution is 0.0939. The molecule has 1 rings (SSSR count). The Bertz CT molecular complexity index is 167. The predicted molar refractivity (Wildman–Crippen MR) is 49.4 cm³/mol. The molecule has 76 valence electrons. The number of nitrogens with two attached hydrogens (primary N) is 1. The van der Waals surface area contributed by atoms with Crippen molar-refractivity contribution in [3.05, 3.63) is 0 Å². The second kappa shape index (κ2) is 5.04. The van der Waals surface area contributed by atoms with Crippen molar-refractivity contribution >= 4 is 6.09 Å². The van der Waals surface area contributed by atoms with Crippen LogP contribution in [0.2, 0.25) is 0 Å². The fourth-order valence-electron chi connectivity index (χ4n) is 1.14. The van der Waals surface area contributed by atoms with Crippen LogP contribution in [0.25, 0.3) is 0 Å². The highest BCUT2D eigenvalue weighted by Gasteiger charge is 2.17. The molecular formula is C8H17N3O2. The summed E-state index contributed by atoms with van der Waals surface area (Å²) in [6.07, 6.45) is -0.251. The summed E-state index contributed by atoms with van der Waals surface area (Å²) < 4.78 is 4.98. The Morgan fingerprint density at radius 1 is 1.62 bits per heavy atom. The van der Waals surface area contributed by atoms with Gasteiger partial charge in [-0.15, -0.1) is 0 Å². The summed E-state index contributed by atoms with van der Waals surface area (Å²) in [4.78, 5) is 13.0. The molecule has 1 aliphatic heterocycles. The maximum atomic E-state index is 11.3. The molecule has 1 heterocycles. The van der Waals surface area contributed by atoms with E-state index in [0.717, 1.165) is 26.2 Å². The van der Waals surface area contributed by atoms with E-state index in [2.05, 4.69) is 5.32 Å². The summed E-state index contributed by atoms with van der Waals surface area (Å²) in [5.41, 5.74) is 5.46. The van der Waals surface area contributed by atoms with Crippen molar-refractivity contribution in [1.82, 2.24) is 10.2 Å². The van der Waals surface area contributed by atoms with Gasteiger partial charge < -0.3 is 20.7 Å². The fraction of sp³-hybridized carbons (Fsp3) is 0.875. The van der Waals surface area contributed by atoms with Gasteiger partial charge in [-0.1, -0.05) is 0 Å². The van der Waals surface area contributed by atoms with E-state index in [1.54, 1.807) is 4.90 Å². The molecule has 1 saturated heterocycles. The van der Waals surface area contributed by atoms with Crippen molar-refractivity contribution in [2.45, 2.75) is 13.0 Å². The minimum atomic E-state index is -0.251. The van der Waals surface area contributed by atoms with Crippen LogP contribution in [-0.2, 0) is 4.74 Å².